The third kappa shape index (κ3) is 2.67. The monoisotopic (exact) mass is 185 g/mol. The largest absolute Gasteiger partial charge is 0.314 e. The van der Waals surface area contributed by atoms with Gasteiger partial charge >= 0.3 is 0 Å². The molecule has 0 heterocycles. The molecule has 0 aliphatic heterocycles. The van der Waals surface area contributed by atoms with Gasteiger partial charge in [0.05, 0.1) is 0 Å². The highest BCUT2D eigenvalue weighted by atomic mass is 16.2. The van der Waals surface area contributed by atoms with Crippen molar-refractivity contribution in [2.24, 2.45) is 5.84 Å². The summed E-state index contributed by atoms with van der Waals surface area (Å²) in [6, 6.07) is 0. The number of nitrogens with two attached hydrogens (primary N) is 1. The Hall–Kier alpha value is -0.610. The molecule has 0 aromatic carbocycles. The lowest BCUT2D eigenvalue weighted by molar-refractivity contribution is -0.122. The molecule has 13 heavy (non-hydrogen) atoms. The molecule has 0 atom stereocenters. The predicted octanol–water partition coefficient (Wildman–Crippen LogP) is 0.289. The molecule has 0 spiro atoms. The Kier molecular flexibility index (Phi) is 3.69. The zero-order chi connectivity index (χ0) is 9.73. The third-order valence-electron chi connectivity index (χ3n) is 3.00. The first-order valence-corrected chi connectivity index (χ1v) is 4.91. The molecular weight excluding hydrogens is 166 g/mol. The van der Waals surface area contributed by atoms with Gasteiger partial charge in [0.25, 0.3) is 0 Å². The van der Waals surface area contributed by atoms with Gasteiger partial charge in [-0.05, 0) is 19.9 Å². The maximum Gasteiger partial charge on any atom is 0.235 e. The van der Waals surface area contributed by atoms with Crippen molar-refractivity contribution in [3.05, 3.63) is 0 Å². The van der Waals surface area contributed by atoms with E-state index in [1.807, 2.05) is 7.05 Å². The summed E-state index contributed by atoms with van der Waals surface area (Å²) in [5.41, 5.74) is 2.19. The SMILES string of the molecule is CNC1(CC(=O)NN)CCCCC1. The quantitative estimate of drug-likeness (QED) is 0.336. The summed E-state index contributed by atoms with van der Waals surface area (Å²) in [4.78, 5) is 11.2. The van der Waals surface area contributed by atoms with Gasteiger partial charge in [0.1, 0.15) is 0 Å². The molecule has 4 nitrogen and oxygen atoms in total. The van der Waals surface area contributed by atoms with E-state index in [9.17, 15) is 4.79 Å². The van der Waals surface area contributed by atoms with E-state index in [4.69, 9.17) is 5.84 Å². The maximum absolute atomic E-state index is 11.2. The van der Waals surface area contributed by atoms with Crippen LogP contribution in [0.25, 0.3) is 0 Å². The summed E-state index contributed by atoms with van der Waals surface area (Å²) < 4.78 is 0. The van der Waals surface area contributed by atoms with Crippen LogP contribution in [-0.4, -0.2) is 18.5 Å². The van der Waals surface area contributed by atoms with E-state index in [0.29, 0.717) is 6.42 Å². The molecule has 0 radical (unpaired) electrons. The molecule has 1 rings (SSSR count). The van der Waals surface area contributed by atoms with Crippen LogP contribution >= 0.6 is 0 Å². The normalized spacial score (nSPS) is 21.1. The van der Waals surface area contributed by atoms with Crippen molar-refractivity contribution in [1.29, 1.82) is 0 Å². The standard InChI is InChI=1S/C9H19N3O/c1-11-9(7-8(13)12-10)5-3-2-4-6-9/h11H,2-7,10H2,1H3,(H,12,13). The van der Waals surface area contributed by atoms with Gasteiger partial charge < -0.3 is 5.32 Å². The van der Waals surface area contributed by atoms with Crippen LogP contribution in [0.15, 0.2) is 0 Å². The molecule has 76 valence electrons. The van der Waals surface area contributed by atoms with Crippen LogP contribution < -0.4 is 16.6 Å². The Labute approximate surface area is 79.2 Å². The van der Waals surface area contributed by atoms with Crippen LogP contribution in [-0.2, 0) is 4.79 Å². The lowest BCUT2D eigenvalue weighted by Crippen LogP contribution is -2.49. The highest BCUT2D eigenvalue weighted by Crippen LogP contribution is 2.30. The van der Waals surface area contributed by atoms with E-state index in [1.54, 1.807) is 0 Å². The summed E-state index contributed by atoms with van der Waals surface area (Å²) in [7, 11) is 1.93. The topological polar surface area (TPSA) is 67.2 Å². The molecule has 0 aromatic heterocycles. The number of hydrogen-bond acceptors (Lipinski definition) is 3. The number of hydrogen-bond donors (Lipinski definition) is 3. The van der Waals surface area contributed by atoms with Gasteiger partial charge in [0, 0.05) is 12.0 Å². The van der Waals surface area contributed by atoms with Crippen molar-refractivity contribution in [3.63, 3.8) is 0 Å². The van der Waals surface area contributed by atoms with Gasteiger partial charge in [-0.2, -0.15) is 0 Å². The van der Waals surface area contributed by atoms with Crippen LogP contribution in [0.1, 0.15) is 38.5 Å². The van der Waals surface area contributed by atoms with E-state index in [1.165, 1.54) is 19.3 Å². The Bertz CT molecular complexity index is 176. The number of carbonyl (C=O) groups is 1. The molecule has 1 aliphatic rings. The van der Waals surface area contributed by atoms with Gasteiger partial charge in [-0.15, -0.1) is 0 Å². The summed E-state index contributed by atoms with van der Waals surface area (Å²) in [5, 5.41) is 3.27. The molecule has 1 saturated carbocycles. The van der Waals surface area contributed by atoms with Crippen molar-refractivity contribution in [3.8, 4) is 0 Å². The van der Waals surface area contributed by atoms with Crippen molar-refractivity contribution < 1.29 is 4.79 Å². The van der Waals surface area contributed by atoms with E-state index in [0.717, 1.165) is 12.8 Å². The average Bonchev–Trinajstić information content (AvgIpc) is 2.19. The van der Waals surface area contributed by atoms with Gasteiger partial charge in [-0.1, -0.05) is 19.3 Å². The Morgan fingerprint density at radius 2 is 2.00 bits per heavy atom. The van der Waals surface area contributed by atoms with Crippen molar-refractivity contribution in [1.82, 2.24) is 10.7 Å². The van der Waals surface area contributed by atoms with Crippen molar-refractivity contribution in [2.75, 3.05) is 7.05 Å². The number of amides is 1. The van der Waals surface area contributed by atoms with Crippen molar-refractivity contribution >= 4 is 5.91 Å². The van der Waals surface area contributed by atoms with Crippen LogP contribution in [0.4, 0.5) is 0 Å². The summed E-state index contributed by atoms with van der Waals surface area (Å²) in [5.74, 6) is 5.00. The molecule has 1 fully saturated rings. The third-order valence-corrected chi connectivity index (χ3v) is 3.00. The lowest BCUT2D eigenvalue weighted by atomic mass is 9.79. The number of hydrazine groups is 1. The van der Waals surface area contributed by atoms with Crippen LogP contribution in [0, 0.1) is 0 Å². The number of rotatable bonds is 3. The van der Waals surface area contributed by atoms with Crippen LogP contribution in [0.2, 0.25) is 0 Å². The highest BCUT2D eigenvalue weighted by Gasteiger charge is 2.32. The first-order chi connectivity index (χ1) is 6.22. The second-order valence-corrected chi connectivity index (χ2v) is 3.84. The fourth-order valence-electron chi connectivity index (χ4n) is 2.10. The first-order valence-electron chi connectivity index (χ1n) is 4.91. The average molecular weight is 185 g/mol. The molecule has 1 amide bonds. The number of carbonyl (C=O) groups excluding carboxylic acids is 1. The molecule has 1 aliphatic carbocycles. The highest BCUT2D eigenvalue weighted by molar-refractivity contribution is 5.76. The van der Waals surface area contributed by atoms with E-state index >= 15 is 0 Å². The minimum Gasteiger partial charge on any atom is -0.314 e. The lowest BCUT2D eigenvalue weighted by Gasteiger charge is -2.36. The predicted molar refractivity (Wildman–Crippen MR) is 51.8 cm³/mol. The van der Waals surface area contributed by atoms with Gasteiger partial charge in [0.2, 0.25) is 5.91 Å². The molecule has 0 unspecified atom stereocenters. The van der Waals surface area contributed by atoms with Gasteiger partial charge in [-0.3, -0.25) is 10.2 Å². The fraction of sp³-hybridized carbons (Fsp3) is 0.889. The van der Waals surface area contributed by atoms with Crippen molar-refractivity contribution in [2.45, 2.75) is 44.1 Å². The van der Waals surface area contributed by atoms with E-state index in [2.05, 4.69) is 10.7 Å². The molecule has 4 N–H and O–H groups in total. The Morgan fingerprint density at radius 3 is 2.46 bits per heavy atom. The Morgan fingerprint density at radius 1 is 1.38 bits per heavy atom. The van der Waals surface area contributed by atoms with Gasteiger partial charge in [0.15, 0.2) is 0 Å². The molecular formula is C9H19N3O. The molecule has 0 saturated heterocycles. The molecule has 4 heteroatoms. The van der Waals surface area contributed by atoms with Crippen LogP contribution in [0.3, 0.4) is 0 Å². The Balaban J connectivity index is 2.52. The minimum atomic E-state index is -0.0729. The van der Waals surface area contributed by atoms with E-state index in [-0.39, 0.29) is 11.4 Å². The van der Waals surface area contributed by atoms with Gasteiger partial charge in [-0.25, -0.2) is 5.84 Å². The van der Waals surface area contributed by atoms with E-state index < -0.39 is 0 Å². The number of nitrogens with one attached hydrogen (secondary N) is 2. The molecule has 0 aromatic rings. The fourth-order valence-corrected chi connectivity index (χ4v) is 2.10. The summed E-state index contributed by atoms with van der Waals surface area (Å²) >= 11 is 0. The second kappa shape index (κ2) is 4.58. The minimum absolute atomic E-state index is 0.00169. The maximum atomic E-state index is 11.2. The zero-order valence-corrected chi connectivity index (χ0v) is 8.23. The summed E-state index contributed by atoms with van der Waals surface area (Å²) in [6.45, 7) is 0. The molecule has 0 bridgehead atoms. The zero-order valence-electron chi connectivity index (χ0n) is 8.23. The summed E-state index contributed by atoms with van der Waals surface area (Å²) in [6.07, 6.45) is 6.36. The second-order valence-electron chi connectivity index (χ2n) is 3.84. The van der Waals surface area contributed by atoms with Crippen LogP contribution in [0.5, 0.6) is 0 Å². The smallest absolute Gasteiger partial charge is 0.235 e. The first kappa shape index (κ1) is 10.5.